The summed E-state index contributed by atoms with van der Waals surface area (Å²) in [7, 11) is 1.88. The molecule has 3 aromatic heterocycles. The van der Waals surface area contributed by atoms with E-state index >= 15 is 0 Å². The van der Waals surface area contributed by atoms with E-state index in [0.717, 1.165) is 28.7 Å². The molecule has 4 aromatic rings. The molecule has 0 saturated carbocycles. The third-order valence-corrected chi connectivity index (χ3v) is 4.73. The summed E-state index contributed by atoms with van der Waals surface area (Å²) in [5.41, 5.74) is 9.68. The monoisotopic (exact) mass is 347 g/mol. The van der Waals surface area contributed by atoms with E-state index in [2.05, 4.69) is 17.2 Å². The molecule has 0 spiro atoms. The zero-order chi connectivity index (χ0) is 18.1. The molecular weight excluding hydrogens is 326 g/mol. The fourth-order valence-electron chi connectivity index (χ4n) is 3.32. The van der Waals surface area contributed by atoms with Gasteiger partial charge in [0.25, 0.3) is 0 Å². The van der Waals surface area contributed by atoms with Crippen LogP contribution < -0.4 is 5.73 Å². The SMILES string of the molecule is Cn1nccc1-c1ccc2c(O)n([C@H](CN)Cc3ccccc3)cc2n1. The zero-order valence-corrected chi connectivity index (χ0v) is 14.6. The number of aromatic hydroxyl groups is 1. The van der Waals surface area contributed by atoms with Crippen LogP contribution in [0.3, 0.4) is 0 Å². The molecule has 0 aliphatic rings. The van der Waals surface area contributed by atoms with Gasteiger partial charge in [0.1, 0.15) is 0 Å². The van der Waals surface area contributed by atoms with Crippen LogP contribution in [0.25, 0.3) is 22.3 Å². The van der Waals surface area contributed by atoms with Gasteiger partial charge in [-0.1, -0.05) is 30.3 Å². The van der Waals surface area contributed by atoms with Crippen molar-refractivity contribution in [3.63, 3.8) is 0 Å². The molecule has 6 nitrogen and oxygen atoms in total. The van der Waals surface area contributed by atoms with Crippen molar-refractivity contribution in [2.24, 2.45) is 12.8 Å². The Kier molecular flexibility index (Phi) is 4.18. The van der Waals surface area contributed by atoms with Gasteiger partial charge in [-0.15, -0.1) is 0 Å². The maximum Gasteiger partial charge on any atom is 0.201 e. The largest absolute Gasteiger partial charge is 0.494 e. The van der Waals surface area contributed by atoms with Gasteiger partial charge in [-0.05, 0) is 30.2 Å². The van der Waals surface area contributed by atoms with Gasteiger partial charge in [0, 0.05) is 26.0 Å². The predicted molar refractivity (Wildman–Crippen MR) is 102 cm³/mol. The smallest absolute Gasteiger partial charge is 0.201 e. The minimum atomic E-state index is -0.0354. The van der Waals surface area contributed by atoms with Crippen molar-refractivity contribution in [2.45, 2.75) is 12.5 Å². The number of hydrogen-bond donors (Lipinski definition) is 2. The summed E-state index contributed by atoms with van der Waals surface area (Å²) >= 11 is 0. The number of hydrogen-bond acceptors (Lipinski definition) is 4. The molecule has 0 saturated heterocycles. The fourth-order valence-corrected chi connectivity index (χ4v) is 3.32. The molecule has 0 fully saturated rings. The van der Waals surface area contributed by atoms with Gasteiger partial charge in [-0.3, -0.25) is 4.68 Å². The summed E-state index contributed by atoms with van der Waals surface area (Å²) in [4.78, 5) is 4.70. The van der Waals surface area contributed by atoms with Crippen LogP contribution in [0.15, 0.2) is 60.9 Å². The number of pyridine rings is 1. The molecule has 1 aromatic carbocycles. The zero-order valence-electron chi connectivity index (χ0n) is 14.6. The number of benzene rings is 1. The molecule has 4 rings (SSSR count). The number of nitrogens with two attached hydrogens (primary N) is 1. The van der Waals surface area contributed by atoms with Crippen molar-refractivity contribution in [1.29, 1.82) is 0 Å². The quantitative estimate of drug-likeness (QED) is 0.582. The van der Waals surface area contributed by atoms with Gasteiger partial charge < -0.3 is 15.4 Å². The summed E-state index contributed by atoms with van der Waals surface area (Å²) in [5, 5.41) is 15.6. The highest BCUT2D eigenvalue weighted by atomic mass is 16.3. The van der Waals surface area contributed by atoms with E-state index in [4.69, 9.17) is 10.7 Å². The van der Waals surface area contributed by atoms with Crippen LogP contribution in [0.1, 0.15) is 11.6 Å². The molecule has 6 heteroatoms. The third-order valence-electron chi connectivity index (χ3n) is 4.73. The third kappa shape index (κ3) is 2.84. The molecule has 132 valence electrons. The van der Waals surface area contributed by atoms with Crippen molar-refractivity contribution in [3.8, 4) is 17.3 Å². The van der Waals surface area contributed by atoms with E-state index in [1.165, 1.54) is 5.56 Å². The highest BCUT2D eigenvalue weighted by Crippen LogP contribution is 2.31. The minimum absolute atomic E-state index is 0.0354. The molecule has 3 N–H and O–H groups in total. The summed E-state index contributed by atoms with van der Waals surface area (Å²) in [6.45, 7) is 0.429. The summed E-state index contributed by atoms with van der Waals surface area (Å²) < 4.78 is 3.61. The van der Waals surface area contributed by atoms with Crippen LogP contribution in [0.2, 0.25) is 0 Å². The molecule has 0 unspecified atom stereocenters. The minimum Gasteiger partial charge on any atom is -0.494 e. The first kappa shape index (κ1) is 16.4. The van der Waals surface area contributed by atoms with E-state index in [0.29, 0.717) is 6.54 Å². The van der Waals surface area contributed by atoms with E-state index < -0.39 is 0 Å². The lowest BCUT2D eigenvalue weighted by atomic mass is 10.1. The van der Waals surface area contributed by atoms with Gasteiger partial charge in [0.2, 0.25) is 5.88 Å². The number of rotatable bonds is 5. The van der Waals surface area contributed by atoms with Crippen LogP contribution >= 0.6 is 0 Å². The molecule has 0 bridgehead atoms. The fraction of sp³-hybridized carbons (Fsp3) is 0.200. The Balaban J connectivity index is 1.73. The van der Waals surface area contributed by atoms with Crippen molar-refractivity contribution in [1.82, 2.24) is 19.3 Å². The van der Waals surface area contributed by atoms with Crippen LogP contribution in [0.5, 0.6) is 5.88 Å². The average Bonchev–Trinajstić information content (AvgIpc) is 3.24. The Bertz CT molecular complexity index is 1030. The van der Waals surface area contributed by atoms with Crippen LogP contribution in [-0.4, -0.2) is 31.0 Å². The lowest BCUT2D eigenvalue weighted by Gasteiger charge is -2.18. The molecular formula is C20H21N5O. The van der Waals surface area contributed by atoms with Crippen molar-refractivity contribution in [3.05, 3.63) is 66.5 Å². The lowest BCUT2D eigenvalue weighted by Crippen LogP contribution is -2.20. The first-order chi connectivity index (χ1) is 12.7. The second kappa shape index (κ2) is 6.65. The number of aromatic nitrogens is 4. The standard InChI is InChI=1S/C20H21N5O/c1-24-19(9-10-22-24)17-8-7-16-18(23-17)13-25(20(16)26)15(12-21)11-14-5-3-2-4-6-14/h2-10,13,15,26H,11-12,21H2,1H3/t15-/m0/s1. The van der Waals surface area contributed by atoms with Gasteiger partial charge in [0.15, 0.2) is 0 Å². The molecule has 0 amide bonds. The Hall–Kier alpha value is -3.12. The van der Waals surface area contributed by atoms with Crippen LogP contribution in [0.4, 0.5) is 0 Å². The summed E-state index contributed by atoms with van der Waals surface area (Å²) in [5.74, 6) is 0.204. The predicted octanol–water partition coefficient (Wildman–Crippen LogP) is 2.88. The Labute approximate surface area is 151 Å². The summed E-state index contributed by atoms with van der Waals surface area (Å²) in [6, 6.07) is 15.8. The lowest BCUT2D eigenvalue weighted by molar-refractivity contribution is 0.385. The molecule has 1 atom stereocenters. The van der Waals surface area contributed by atoms with Crippen molar-refractivity contribution in [2.75, 3.05) is 6.54 Å². The van der Waals surface area contributed by atoms with Gasteiger partial charge in [0.05, 0.1) is 28.3 Å². The Morgan fingerprint density at radius 3 is 2.62 bits per heavy atom. The van der Waals surface area contributed by atoms with Crippen molar-refractivity contribution < 1.29 is 5.11 Å². The molecule has 0 aliphatic carbocycles. The van der Waals surface area contributed by atoms with E-state index in [1.807, 2.05) is 54.2 Å². The Morgan fingerprint density at radius 2 is 1.92 bits per heavy atom. The summed E-state index contributed by atoms with van der Waals surface area (Å²) in [6.07, 6.45) is 4.37. The molecule has 0 aliphatic heterocycles. The van der Waals surface area contributed by atoms with E-state index in [9.17, 15) is 5.11 Å². The van der Waals surface area contributed by atoms with E-state index in [-0.39, 0.29) is 11.9 Å². The average molecular weight is 347 g/mol. The number of fused-ring (bicyclic) bond motifs is 1. The van der Waals surface area contributed by atoms with E-state index in [1.54, 1.807) is 10.9 Å². The van der Waals surface area contributed by atoms with Gasteiger partial charge in [-0.25, -0.2) is 4.98 Å². The topological polar surface area (TPSA) is 81.9 Å². The maximum absolute atomic E-state index is 10.7. The van der Waals surface area contributed by atoms with Crippen LogP contribution in [0, 0.1) is 0 Å². The Morgan fingerprint density at radius 1 is 1.12 bits per heavy atom. The highest BCUT2D eigenvalue weighted by Gasteiger charge is 2.18. The molecule has 0 radical (unpaired) electrons. The number of nitrogens with zero attached hydrogens (tertiary/aromatic N) is 4. The normalized spacial score (nSPS) is 12.5. The molecule has 3 heterocycles. The second-order valence-electron chi connectivity index (χ2n) is 6.41. The van der Waals surface area contributed by atoms with Crippen LogP contribution in [-0.2, 0) is 13.5 Å². The highest BCUT2D eigenvalue weighted by molar-refractivity contribution is 5.86. The van der Waals surface area contributed by atoms with Gasteiger partial charge >= 0.3 is 0 Å². The van der Waals surface area contributed by atoms with Crippen molar-refractivity contribution >= 4 is 10.9 Å². The maximum atomic E-state index is 10.7. The second-order valence-corrected chi connectivity index (χ2v) is 6.41. The number of aryl methyl sites for hydroxylation is 1. The first-order valence-corrected chi connectivity index (χ1v) is 8.60. The molecule has 26 heavy (non-hydrogen) atoms. The van der Waals surface area contributed by atoms with Gasteiger partial charge in [-0.2, -0.15) is 5.10 Å². The first-order valence-electron chi connectivity index (χ1n) is 8.60.